The van der Waals surface area contributed by atoms with Crippen LogP contribution in [0, 0.1) is 6.92 Å². The molecule has 1 aliphatic rings. The first-order chi connectivity index (χ1) is 17.0. The molecule has 7 nitrogen and oxygen atoms in total. The average molecular weight is 471 g/mol. The van der Waals surface area contributed by atoms with Crippen molar-refractivity contribution in [2.24, 2.45) is 0 Å². The van der Waals surface area contributed by atoms with Gasteiger partial charge < -0.3 is 9.64 Å². The zero-order chi connectivity index (χ0) is 24.4. The Hall–Kier alpha value is -3.45. The maximum Gasteiger partial charge on any atom is 0.168 e. The molecule has 0 atom stereocenters. The second-order valence-corrected chi connectivity index (χ2v) is 9.60. The van der Waals surface area contributed by atoms with Gasteiger partial charge in [-0.15, -0.1) is 10.2 Å². The van der Waals surface area contributed by atoms with Gasteiger partial charge in [0.15, 0.2) is 5.65 Å². The molecule has 1 saturated heterocycles. The van der Waals surface area contributed by atoms with Gasteiger partial charge >= 0.3 is 0 Å². The molecule has 1 aromatic carbocycles. The Labute approximate surface area is 207 Å². The maximum absolute atomic E-state index is 5.59. The Kier molecular flexibility index (Phi) is 6.68. The van der Waals surface area contributed by atoms with E-state index in [-0.39, 0.29) is 0 Å². The van der Waals surface area contributed by atoms with Crippen molar-refractivity contribution in [1.82, 2.24) is 24.5 Å². The number of hydrogen-bond donors (Lipinski definition) is 0. The molecule has 0 spiro atoms. The van der Waals surface area contributed by atoms with Crippen LogP contribution < -0.4 is 9.64 Å². The minimum atomic E-state index is 0.597. The van der Waals surface area contributed by atoms with Gasteiger partial charge in [-0.25, -0.2) is 4.98 Å². The van der Waals surface area contributed by atoms with Crippen LogP contribution >= 0.6 is 0 Å². The van der Waals surface area contributed by atoms with Gasteiger partial charge in [0.25, 0.3) is 0 Å². The lowest BCUT2D eigenvalue weighted by molar-refractivity contribution is 0.209. The third-order valence-corrected chi connectivity index (χ3v) is 7.06. The van der Waals surface area contributed by atoms with Crippen LogP contribution in [0.2, 0.25) is 0 Å². The first kappa shape index (κ1) is 23.3. The smallest absolute Gasteiger partial charge is 0.168 e. The number of piperazine rings is 1. The molecule has 0 radical (unpaired) electrons. The number of ether oxygens (including phenoxy) is 1. The van der Waals surface area contributed by atoms with Crippen LogP contribution in [0.1, 0.15) is 30.7 Å². The summed E-state index contributed by atoms with van der Waals surface area (Å²) in [6.07, 6.45) is 5.52. The van der Waals surface area contributed by atoms with E-state index in [1.807, 2.05) is 6.20 Å². The second-order valence-electron chi connectivity index (χ2n) is 9.60. The van der Waals surface area contributed by atoms with E-state index in [1.165, 1.54) is 16.8 Å². The quantitative estimate of drug-likeness (QED) is 0.398. The molecule has 4 heterocycles. The number of fused-ring (bicyclic) bond motifs is 1. The Morgan fingerprint density at radius 2 is 1.80 bits per heavy atom. The SMILES string of the molecule is COc1cc(C)ccc1CCc1ccc(-c2ccc(N3CCN(C(C)C)CC3)nc2)c2nncn12. The van der Waals surface area contributed by atoms with Crippen molar-refractivity contribution in [2.45, 2.75) is 39.7 Å². The summed E-state index contributed by atoms with van der Waals surface area (Å²) in [5.74, 6) is 1.98. The van der Waals surface area contributed by atoms with Crippen LogP contribution in [0.5, 0.6) is 5.75 Å². The fourth-order valence-corrected chi connectivity index (χ4v) is 4.91. The minimum Gasteiger partial charge on any atom is -0.496 e. The van der Waals surface area contributed by atoms with E-state index in [1.54, 1.807) is 13.4 Å². The van der Waals surface area contributed by atoms with E-state index in [2.05, 4.69) is 87.6 Å². The number of pyridine rings is 2. The molecular formula is C28H34N6O. The summed E-state index contributed by atoms with van der Waals surface area (Å²) in [6, 6.07) is 15.6. The van der Waals surface area contributed by atoms with Crippen molar-refractivity contribution in [1.29, 1.82) is 0 Å². The molecule has 0 saturated carbocycles. The molecule has 1 fully saturated rings. The fourth-order valence-electron chi connectivity index (χ4n) is 4.91. The Morgan fingerprint density at radius 3 is 2.51 bits per heavy atom. The molecule has 0 amide bonds. The van der Waals surface area contributed by atoms with Gasteiger partial charge in [-0.3, -0.25) is 9.30 Å². The zero-order valence-electron chi connectivity index (χ0n) is 21.1. The summed E-state index contributed by atoms with van der Waals surface area (Å²) in [6.45, 7) is 10.8. The number of hydrogen-bond acceptors (Lipinski definition) is 6. The predicted molar refractivity (Wildman–Crippen MR) is 140 cm³/mol. The second kappa shape index (κ2) is 10.0. The standard InChI is InChI=1S/C28H34N6O/c1-20(2)32-13-15-33(16-14-32)27-12-8-23(18-29-27)25-11-10-24(34-19-30-31-28(25)34)9-7-22-6-5-21(3)17-26(22)35-4/h5-6,8,10-12,17-20H,7,9,13-16H2,1-4H3. The largest absolute Gasteiger partial charge is 0.496 e. The lowest BCUT2D eigenvalue weighted by atomic mass is 10.0. The van der Waals surface area contributed by atoms with Crippen LogP contribution in [0.3, 0.4) is 0 Å². The monoisotopic (exact) mass is 470 g/mol. The molecule has 7 heteroatoms. The molecule has 0 N–H and O–H groups in total. The molecule has 4 aromatic rings. The molecule has 0 bridgehead atoms. The van der Waals surface area contributed by atoms with Crippen LogP contribution in [-0.4, -0.2) is 63.8 Å². The first-order valence-corrected chi connectivity index (χ1v) is 12.4. The first-order valence-electron chi connectivity index (χ1n) is 12.4. The van der Waals surface area contributed by atoms with Crippen LogP contribution in [0.25, 0.3) is 16.8 Å². The highest BCUT2D eigenvalue weighted by Crippen LogP contribution is 2.27. The van der Waals surface area contributed by atoms with Crippen molar-refractivity contribution < 1.29 is 4.74 Å². The summed E-state index contributed by atoms with van der Waals surface area (Å²) in [4.78, 5) is 9.69. The number of nitrogens with zero attached hydrogens (tertiary/aromatic N) is 6. The van der Waals surface area contributed by atoms with Gasteiger partial charge in [-0.2, -0.15) is 0 Å². The van der Waals surface area contributed by atoms with Crippen LogP contribution in [0.15, 0.2) is 55.0 Å². The third kappa shape index (κ3) is 4.86. The fraction of sp³-hybridized carbons (Fsp3) is 0.393. The topological polar surface area (TPSA) is 58.8 Å². The van der Waals surface area contributed by atoms with Crippen molar-refractivity contribution in [3.63, 3.8) is 0 Å². The van der Waals surface area contributed by atoms with Gasteiger partial charge in [0.1, 0.15) is 17.9 Å². The lowest BCUT2D eigenvalue weighted by Gasteiger charge is -2.37. The summed E-state index contributed by atoms with van der Waals surface area (Å²) < 4.78 is 7.68. The predicted octanol–water partition coefficient (Wildman–Crippen LogP) is 4.42. The van der Waals surface area contributed by atoms with E-state index in [0.717, 1.165) is 67.4 Å². The molecule has 3 aromatic heterocycles. The van der Waals surface area contributed by atoms with Crippen LogP contribution in [0.4, 0.5) is 5.82 Å². The van der Waals surface area contributed by atoms with Gasteiger partial charge in [-0.1, -0.05) is 12.1 Å². The minimum absolute atomic E-state index is 0.597. The Morgan fingerprint density at radius 1 is 0.971 bits per heavy atom. The summed E-state index contributed by atoms with van der Waals surface area (Å²) in [5, 5.41) is 8.65. The molecule has 0 unspecified atom stereocenters. The summed E-state index contributed by atoms with van der Waals surface area (Å²) in [7, 11) is 1.73. The lowest BCUT2D eigenvalue weighted by Crippen LogP contribution is -2.49. The molecular weight excluding hydrogens is 436 g/mol. The number of aryl methyl sites for hydroxylation is 3. The van der Waals surface area contributed by atoms with Crippen molar-refractivity contribution in [2.75, 3.05) is 38.2 Å². The molecule has 5 rings (SSSR count). The number of benzene rings is 1. The van der Waals surface area contributed by atoms with E-state index >= 15 is 0 Å². The van der Waals surface area contributed by atoms with E-state index in [4.69, 9.17) is 9.72 Å². The molecule has 35 heavy (non-hydrogen) atoms. The zero-order valence-corrected chi connectivity index (χ0v) is 21.1. The highest BCUT2D eigenvalue weighted by atomic mass is 16.5. The van der Waals surface area contributed by atoms with Gasteiger partial charge in [0.05, 0.1) is 7.11 Å². The van der Waals surface area contributed by atoms with E-state index in [0.29, 0.717) is 6.04 Å². The molecule has 182 valence electrons. The van der Waals surface area contributed by atoms with Crippen molar-refractivity contribution >= 4 is 11.5 Å². The highest BCUT2D eigenvalue weighted by molar-refractivity contribution is 5.77. The van der Waals surface area contributed by atoms with Crippen molar-refractivity contribution in [3.05, 3.63) is 71.8 Å². The number of rotatable bonds is 7. The molecule has 0 aliphatic carbocycles. The third-order valence-electron chi connectivity index (χ3n) is 7.06. The van der Waals surface area contributed by atoms with Gasteiger partial charge in [0.2, 0.25) is 0 Å². The van der Waals surface area contributed by atoms with E-state index in [9.17, 15) is 0 Å². The highest BCUT2D eigenvalue weighted by Gasteiger charge is 2.20. The molecule has 1 aliphatic heterocycles. The van der Waals surface area contributed by atoms with Gasteiger partial charge in [0, 0.05) is 55.2 Å². The number of aromatic nitrogens is 4. The maximum atomic E-state index is 5.59. The Balaban J connectivity index is 1.33. The summed E-state index contributed by atoms with van der Waals surface area (Å²) >= 11 is 0. The number of methoxy groups -OCH3 is 1. The van der Waals surface area contributed by atoms with Crippen LogP contribution in [-0.2, 0) is 12.8 Å². The normalized spacial score (nSPS) is 14.7. The Bertz CT molecular complexity index is 1290. The van der Waals surface area contributed by atoms with E-state index < -0.39 is 0 Å². The number of anilines is 1. The van der Waals surface area contributed by atoms with Gasteiger partial charge in [-0.05, 0) is 75.1 Å². The summed E-state index contributed by atoms with van der Waals surface area (Å²) in [5.41, 5.74) is 6.54. The van der Waals surface area contributed by atoms with Crippen molar-refractivity contribution in [3.8, 4) is 16.9 Å². The average Bonchev–Trinajstić information content (AvgIpc) is 3.38.